The number of nitrogens with one attached hydrogen (secondary N) is 1. The van der Waals surface area contributed by atoms with Crippen LogP contribution in [0.3, 0.4) is 0 Å². The summed E-state index contributed by atoms with van der Waals surface area (Å²) in [4.78, 5) is 13.7. The van der Waals surface area contributed by atoms with Crippen molar-refractivity contribution < 1.29 is 14.6 Å². The van der Waals surface area contributed by atoms with Gasteiger partial charge in [0.25, 0.3) is 0 Å². The van der Waals surface area contributed by atoms with E-state index < -0.39 is 6.10 Å². The van der Waals surface area contributed by atoms with Gasteiger partial charge in [0.05, 0.1) is 18.4 Å². The summed E-state index contributed by atoms with van der Waals surface area (Å²) in [5.41, 5.74) is 1.73. The van der Waals surface area contributed by atoms with Crippen LogP contribution in [0.15, 0.2) is 18.2 Å². The molecule has 0 radical (unpaired) electrons. The van der Waals surface area contributed by atoms with Gasteiger partial charge in [-0.25, -0.2) is 4.79 Å². The van der Waals surface area contributed by atoms with Gasteiger partial charge < -0.3 is 20.1 Å². The number of ether oxygens (including phenoxy) is 1. The lowest BCUT2D eigenvalue weighted by atomic mass is 10.2. The van der Waals surface area contributed by atoms with Gasteiger partial charge in [0.15, 0.2) is 0 Å². The molecule has 2 N–H and O–H groups in total. The van der Waals surface area contributed by atoms with Crippen LogP contribution >= 0.6 is 0 Å². The number of anilines is 1. The average Bonchev–Trinajstić information content (AvgIpc) is 3.26. The number of carbonyl (C=O) groups excluding carboxylic acids is 1. The minimum Gasteiger partial charge on any atom is -0.492 e. The molecule has 2 amide bonds. The van der Waals surface area contributed by atoms with E-state index in [4.69, 9.17) is 4.74 Å². The third-order valence-corrected chi connectivity index (χ3v) is 3.65. The van der Waals surface area contributed by atoms with Crippen LogP contribution in [0, 0.1) is 12.8 Å². The summed E-state index contributed by atoms with van der Waals surface area (Å²) in [5.74, 6) is 1.03. The molecule has 2 rings (SSSR count). The number of hydrogen-bond acceptors (Lipinski definition) is 3. The van der Waals surface area contributed by atoms with Crippen molar-refractivity contribution in [2.24, 2.45) is 5.92 Å². The molecule has 0 aromatic heterocycles. The maximum atomic E-state index is 12.2. The number of amides is 2. The molecule has 5 heteroatoms. The molecule has 1 aromatic rings. The molecule has 1 aliphatic carbocycles. The van der Waals surface area contributed by atoms with Gasteiger partial charge in [-0.05, 0) is 50.3 Å². The molecular weight excluding hydrogens is 268 g/mol. The number of aliphatic hydroxyl groups excluding tert-OH is 1. The van der Waals surface area contributed by atoms with Gasteiger partial charge in [-0.2, -0.15) is 0 Å². The minimum atomic E-state index is -0.426. The molecule has 21 heavy (non-hydrogen) atoms. The second-order valence-electron chi connectivity index (χ2n) is 5.65. The number of likely N-dealkylation sites (N-methyl/N-ethyl adjacent to an activating group) is 1. The summed E-state index contributed by atoms with van der Waals surface area (Å²) in [6.45, 7) is 4.78. The van der Waals surface area contributed by atoms with E-state index in [1.807, 2.05) is 32.0 Å². The van der Waals surface area contributed by atoms with Crippen molar-refractivity contribution in [1.82, 2.24) is 4.90 Å². The standard InChI is InChI=1S/C16H24N2O3/c1-4-21-15-9-11(2)5-8-13(15)17-16(20)18(3)10-14(19)12-6-7-12/h5,8-9,12,14,19H,4,6-7,10H2,1-3H3,(H,17,20). The lowest BCUT2D eigenvalue weighted by Crippen LogP contribution is -2.38. The lowest BCUT2D eigenvalue weighted by Gasteiger charge is -2.22. The second kappa shape index (κ2) is 6.80. The molecule has 1 fully saturated rings. The molecule has 0 saturated heterocycles. The highest BCUT2D eigenvalue weighted by molar-refractivity contribution is 5.90. The largest absolute Gasteiger partial charge is 0.492 e. The number of nitrogens with zero attached hydrogens (tertiary/aromatic N) is 1. The Morgan fingerprint density at radius 2 is 2.24 bits per heavy atom. The van der Waals surface area contributed by atoms with Crippen LogP contribution in [0.5, 0.6) is 5.75 Å². The van der Waals surface area contributed by atoms with E-state index in [9.17, 15) is 9.90 Å². The van der Waals surface area contributed by atoms with Gasteiger partial charge in [-0.15, -0.1) is 0 Å². The molecule has 0 heterocycles. The van der Waals surface area contributed by atoms with E-state index in [0.29, 0.717) is 30.5 Å². The molecule has 0 aliphatic heterocycles. The summed E-state index contributed by atoms with van der Waals surface area (Å²) in [6.07, 6.45) is 1.69. The molecule has 0 bridgehead atoms. The normalized spacial score (nSPS) is 15.4. The third kappa shape index (κ3) is 4.36. The summed E-state index contributed by atoms with van der Waals surface area (Å²) >= 11 is 0. The molecule has 116 valence electrons. The summed E-state index contributed by atoms with van der Waals surface area (Å²) in [7, 11) is 1.69. The number of rotatable bonds is 6. The topological polar surface area (TPSA) is 61.8 Å². The first kappa shape index (κ1) is 15.6. The zero-order valence-electron chi connectivity index (χ0n) is 12.9. The van der Waals surface area contributed by atoms with Crippen molar-refractivity contribution in [2.45, 2.75) is 32.8 Å². The van der Waals surface area contributed by atoms with Crippen LogP contribution in [0.2, 0.25) is 0 Å². The van der Waals surface area contributed by atoms with E-state index in [-0.39, 0.29) is 6.03 Å². The Labute approximate surface area is 125 Å². The maximum Gasteiger partial charge on any atom is 0.321 e. The Hall–Kier alpha value is -1.75. The first-order chi connectivity index (χ1) is 10.0. The Morgan fingerprint density at radius 3 is 2.86 bits per heavy atom. The Morgan fingerprint density at radius 1 is 1.52 bits per heavy atom. The SMILES string of the molecule is CCOc1cc(C)ccc1NC(=O)N(C)CC(O)C1CC1. The van der Waals surface area contributed by atoms with E-state index >= 15 is 0 Å². The zero-order valence-corrected chi connectivity index (χ0v) is 12.9. The van der Waals surface area contributed by atoms with Gasteiger partial charge in [-0.3, -0.25) is 0 Å². The number of carbonyl (C=O) groups is 1. The minimum absolute atomic E-state index is 0.237. The molecule has 1 atom stereocenters. The highest BCUT2D eigenvalue weighted by Crippen LogP contribution is 2.33. The van der Waals surface area contributed by atoms with E-state index in [1.54, 1.807) is 7.05 Å². The van der Waals surface area contributed by atoms with E-state index in [2.05, 4.69) is 5.32 Å². The first-order valence-corrected chi connectivity index (χ1v) is 7.45. The van der Waals surface area contributed by atoms with Crippen molar-refractivity contribution in [2.75, 3.05) is 25.5 Å². The summed E-state index contributed by atoms with van der Waals surface area (Å²) in [5, 5.41) is 12.7. The van der Waals surface area contributed by atoms with E-state index in [0.717, 1.165) is 18.4 Å². The number of aliphatic hydroxyl groups is 1. The number of benzene rings is 1. The molecule has 1 unspecified atom stereocenters. The first-order valence-electron chi connectivity index (χ1n) is 7.45. The zero-order chi connectivity index (χ0) is 15.4. The van der Waals surface area contributed by atoms with Crippen molar-refractivity contribution in [3.8, 4) is 5.75 Å². The molecule has 5 nitrogen and oxygen atoms in total. The third-order valence-electron chi connectivity index (χ3n) is 3.65. The second-order valence-corrected chi connectivity index (χ2v) is 5.65. The van der Waals surface area contributed by atoms with Crippen molar-refractivity contribution in [1.29, 1.82) is 0 Å². The molecule has 1 saturated carbocycles. The monoisotopic (exact) mass is 292 g/mol. The highest BCUT2D eigenvalue weighted by Gasteiger charge is 2.31. The van der Waals surface area contributed by atoms with E-state index in [1.165, 1.54) is 4.90 Å². The van der Waals surface area contributed by atoms with Crippen LogP contribution < -0.4 is 10.1 Å². The summed E-state index contributed by atoms with van der Waals surface area (Å²) in [6, 6.07) is 5.43. The van der Waals surface area contributed by atoms with Gasteiger partial charge in [0.2, 0.25) is 0 Å². The molecule has 0 spiro atoms. The number of urea groups is 1. The van der Waals surface area contributed by atoms with Crippen LogP contribution in [-0.4, -0.2) is 42.3 Å². The fourth-order valence-electron chi connectivity index (χ4n) is 2.21. The van der Waals surface area contributed by atoms with Crippen LogP contribution in [0.4, 0.5) is 10.5 Å². The predicted molar refractivity (Wildman–Crippen MR) is 82.7 cm³/mol. The molecular formula is C16H24N2O3. The smallest absolute Gasteiger partial charge is 0.321 e. The Kier molecular flexibility index (Phi) is 5.07. The van der Waals surface area contributed by atoms with Crippen LogP contribution in [-0.2, 0) is 0 Å². The highest BCUT2D eigenvalue weighted by atomic mass is 16.5. The number of hydrogen-bond donors (Lipinski definition) is 2. The quantitative estimate of drug-likeness (QED) is 0.847. The Balaban J connectivity index is 1.97. The van der Waals surface area contributed by atoms with Crippen molar-refractivity contribution in [3.05, 3.63) is 23.8 Å². The van der Waals surface area contributed by atoms with Gasteiger partial charge in [0.1, 0.15) is 5.75 Å². The fourth-order valence-corrected chi connectivity index (χ4v) is 2.21. The van der Waals surface area contributed by atoms with Gasteiger partial charge in [-0.1, -0.05) is 6.07 Å². The lowest BCUT2D eigenvalue weighted by molar-refractivity contribution is 0.117. The van der Waals surface area contributed by atoms with Crippen LogP contribution in [0.25, 0.3) is 0 Å². The molecule has 1 aromatic carbocycles. The fraction of sp³-hybridized carbons (Fsp3) is 0.562. The maximum absolute atomic E-state index is 12.2. The van der Waals surface area contributed by atoms with Gasteiger partial charge >= 0.3 is 6.03 Å². The average molecular weight is 292 g/mol. The van der Waals surface area contributed by atoms with Crippen molar-refractivity contribution >= 4 is 11.7 Å². The summed E-state index contributed by atoms with van der Waals surface area (Å²) < 4.78 is 5.55. The number of aryl methyl sites for hydroxylation is 1. The van der Waals surface area contributed by atoms with Gasteiger partial charge in [0, 0.05) is 13.6 Å². The van der Waals surface area contributed by atoms with Crippen molar-refractivity contribution in [3.63, 3.8) is 0 Å². The van der Waals surface area contributed by atoms with Crippen LogP contribution in [0.1, 0.15) is 25.3 Å². The molecule has 1 aliphatic rings. The Bertz CT molecular complexity index is 500. The predicted octanol–water partition coefficient (Wildman–Crippen LogP) is 2.63.